The standard InChI is InChI=1S/C23H24FN7O3S/c1-12-5-4-8-31(12)16-7-6-13(9-14(16)24)15-11-35-22(25-15)28-18(32)10-17-26-19-20(27-17)29(2)23(34)30(3)21(19)33/h6-7,9,11-12H,4-5,8,10H2,1-3H3,(H,26,27)(H,25,28,32)/t12-/m0/s1. The highest BCUT2D eigenvalue weighted by molar-refractivity contribution is 7.14. The van der Waals surface area contributed by atoms with E-state index in [2.05, 4.69) is 32.1 Å². The molecule has 1 aliphatic heterocycles. The van der Waals surface area contributed by atoms with Gasteiger partial charge in [0, 0.05) is 37.6 Å². The van der Waals surface area contributed by atoms with E-state index < -0.39 is 17.2 Å². The molecule has 0 radical (unpaired) electrons. The number of nitrogens with zero attached hydrogens (tertiary/aromatic N) is 5. The molecule has 182 valence electrons. The second-order valence-corrected chi connectivity index (χ2v) is 9.56. The number of amides is 1. The first-order valence-electron chi connectivity index (χ1n) is 11.2. The fourth-order valence-corrected chi connectivity index (χ4v) is 5.16. The number of hydrogen-bond donors (Lipinski definition) is 2. The number of nitrogens with one attached hydrogen (secondary N) is 2. The van der Waals surface area contributed by atoms with Crippen LogP contribution in [0.4, 0.5) is 15.2 Å². The number of thiazole rings is 1. The van der Waals surface area contributed by atoms with Crippen molar-refractivity contribution >= 4 is 39.2 Å². The van der Waals surface area contributed by atoms with Crippen LogP contribution in [0.2, 0.25) is 0 Å². The van der Waals surface area contributed by atoms with Gasteiger partial charge in [-0.1, -0.05) is 6.07 Å². The van der Waals surface area contributed by atoms with Crippen LogP contribution >= 0.6 is 11.3 Å². The highest BCUT2D eigenvalue weighted by atomic mass is 32.1. The number of hydrogen-bond acceptors (Lipinski definition) is 7. The number of aryl methyl sites for hydroxylation is 1. The molecule has 1 aromatic carbocycles. The van der Waals surface area contributed by atoms with E-state index in [-0.39, 0.29) is 29.2 Å². The van der Waals surface area contributed by atoms with Crippen LogP contribution in [-0.4, -0.2) is 42.6 Å². The first-order chi connectivity index (χ1) is 16.7. The third-order valence-corrected chi connectivity index (χ3v) is 7.09. The summed E-state index contributed by atoms with van der Waals surface area (Å²) in [6.45, 7) is 2.95. The van der Waals surface area contributed by atoms with Crippen molar-refractivity contribution in [3.05, 3.63) is 56.1 Å². The first kappa shape index (κ1) is 23.0. The highest BCUT2D eigenvalue weighted by Gasteiger charge is 2.23. The zero-order valence-electron chi connectivity index (χ0n) is 19.5. The van der Waals surface area contributed by atoms with Crippen LogP contribution < -0.4 is 21.5 Å². The average Bonchev–Trinajstić information content (AvgIpc) is 3.56. The lowest BCUT2D eigenvalue weighted by Crippen LogP contribution is -2.36. The minimum atomic E-state index is -0.510. The monoisotopic (exact) mass is 497 g/mol. The summed E-state index contributed by atoms with van der Waals surface area (Å²) in [4.78, 5) is 50.5. The van der Waals surface area contributed by atoms with Crippen LogP contribution in [0, 0.1) is 5.82 Å². The van der Waals surface area contributed by atoms with E-state index in [9.17, 15) is 18.8 Å². The normalized spacial score (nSPS) is 15.8. The third-order valence-electron chi connectivity index (χ3n) is 6.33. The molecule has 1 saturated heterocycles. The predicted molar refractivity (Wildman–Crippen MR) is 132 cm³/mol. The summed E-state index contributed by atoms with van der Waals surface area (Å²) in [7, 11) is 2.89. The number of aromatic nitrogens is 5. The molecular formula is C23H24FN7O3S. The van der Waals surface area contributed by atoms with Crippen LogP contribution in [0.3, 0.4) is 0 Å². The molecule has 5 rings (SSSR count). The molecule has 0 aliphatic carbocycles. The summed E-state index contributed by atoms with van der Waals surface area (Å²) in [5, 5.41) is 4.82. The molecule has 1 fully saturated rings. The van der Waals surface area contributed by atoms with Gasteiger partial charge in [-0.25, -0.2) is 19.2 Å². The van der Waals surface area contributed by atoms with E-state index in [0.29, 0.717) is 28.1 Å². The van der Waals surface area contributed by atoms with Crippen molar-refractivity contribution in [2.75, 3.05) is 16.8 Å². The van der Waals surface area contributed by atoms with Crippen molar-refractivity contribution in [3.63, 3.8) is 0 Å². The molecule has 3 aromatic heterocycles. The Morgan fingerprint density at radius 3 is 2.77 bits per heavy atom. The van der Waals surface area contributed by atoms with Gasteiger partial charge in [0.25, 0.3) is 5.56 Å². The number of benzene rings is 1. The van der Waals surface area contributed by atoms with Gasteiger partial charge in [-0.05, 0) is 31.9 Å². The second kappa shape index (κ2) is 8.77. The van der Waals surface area contributed by atoms with Crippen molar-refractivity contribution in [3.8, 4) is 11.3 Å². The summed E-state index contributed by atoms with van der Waals surface area (Å²) >= 11 is 1.23. The smallest absolute Gasteiger partial charge is 0.332 e. The Balaban J connectivity index is 1.30. The Hall–Kier alpha value is -3.80. The molecule has 0 unspecified atom stereocenters. The quantitative estimate of drug-likeness (QED) is 0.437. The Kier molecular flexibility index (Phi) is 5.75. The minimum Gasteiger partial charge on any atom is -0.366 e. The molecule has 0 spiro atoms. The molecule has 1 amide bonds. The highest BCUT2D eigenvalue weighted by Crippen LogP contribution is 2.32. The number of aromatic amines is 1. The van der Waals surface area contributed by atoms with Gasteiger partial charge in [0.15, 0.2) is 10.8 Å². The fraction of sp³-hybridized carbons (Fsp3) is 0.348. The second-order valence-electron chi connectivity index (χ2n) is 8.70. The van der Waals surface area contributed by atoms with Crippen LogP contribution in [0.1, 0.15) is 25.6 Å². The average molecular weight is 498 g/mol. The first-order valence-corrected chi connectivity index (χ1v) is 12.1. The van der Waals surface area contributed by atoms with E-state index in [4.69, 9.17) is 0 Å². The molecule has 0 saturated carbocycles. The number of H-pyrrole nitrogens is 1. The van der Waals surface area contributed by atoms with E-state index in [0.717, 1.165) is 24.0 Å². The maximum atomic E-state index is 14.8. The molecule has 2 N–H and O–H groups in total. The Labute approximate surface area is 203 Å². The van der Waals surface area contributed by atoms with Crippen LogP contribution in [0.25, 0.3) is 22.4 Å². The summed E-state index contributed by atoms with van der Waals surface area (Å²) in [6.07, 6.45) is 1.97. The Bertz CT molecular complexity index is 1570. The zero-order valence-corrected chi connectivity index (χ0v) is 20.3. The van der Waals surface area contributed by atoms with Gasteiger partial charge in [0.1, 0.15) is 17.2 Å². The fourth-order valence-electron chi connectivity index (χ4n) is 4.43. The summed E-state index contributed by atoms with van der Waals surface area (Å²) in [5.41, 5.74) is 1.12. The predicted octanol–water partition coefficient (Wildman–Crippen LogP) is 2.39. The molecule has 35 heavy (non-hydrogen) atoms. The molecule has 4 aromatic rings. The number of carbonyl (C=O) groups is 1. The van der Waals surface area contributed by atoms with E-state index >= 15 is 0 Å². The molecule has 4 heterocycles. The van der Waals surface area contributed by atoms with Crippen molar-refractivity contribution in [2.24, 2.45) is 14.1 Å². The molecule has 1 aliphatic rings. The van der Waals surface area contributed by atoms with Crippen molar-refractivity contribution in [1.29, 1.82) is 0 Å². The van der Waals surface area contributed by atoms with Gasteiger partial charge < -0.3 is 15.2 Å². The topological polar surface area (TPSA) is 118 Å². The number of rotatable bonds is 5. The largest absolute Gasteiger partial charge is 0.366 e. The van der Waals surface area contributed by atoms with Crippen LogP contribution in [-0.2, 0) is 25.3 Å². The van der Waals surface area contributed by atoms with Gasteiger partial charge in [0.2, 0.25) is 5.91 Å². The van der Waals surface area contributed by atoms with E-state index in [1.165, 1.54) is 36.1 Å². The lowest BCUT2D eigenvalue weighted by molar-refractivity contribution is -0.115. The van der Waals surface area contributed by atoms with Crippen molar-refractivity contribution < 1.29 is 9.18 Å². The molecule has 12 heteroatoms. The van der Waals surface area contributed by atoms with Crippen LogP contribution in [0.5, 0.6) is 0 Å². The zero-order chi connectivity index (χ0) is 24.9. The van der Waals surface area contributed by atoms with Gasteiger partial charge in [-0.3, -0.25) is 18.7 Å². The number of halogens is 1. The Morgan fingerprint density at radius 1 is 1.26 bits per heavy atom. The molecule has 0 bridgehead atoms. The SMILES string of the molecule is C[C@H]1CCCN1c1ccc(-c2csc(NC(=O)Cc3nc4c([nH]3)c(=O)n(C)c(=O)n4C)n2)cc1F. The van der Waals surface area contributed by atoms with Crippen molar-refractivity contribution in [2.45, 2.75) is 32.2 Å². The summed E-state index contributed by atoms with van der Waals surface area (Å²) < 4.78 is 17.0. The number of anilines is 2. The molecule has 10 nitrogen and oxygen atoms in total. The van der Waals surface area contributed by atoms with E-state index in [1.54, 1.807) is 11.4 Å². The number of carbonyl (C=O) groups excluding carboxylic acids is 1. The summed E-state index contributed by atoms with van der Waals surface area (Å²) in [5.74, 6) is -0.432. The number of imidazole rings is 1. The number of fused-ring (bicyclic) bond motifs is 1. The van der Waals surface area contributed by atoms with Crippen molar-refractivity contribution in [1.82, 2.24) is 24.1 Å². The maximum Gasteiger partial charge on any atom is 0.332 e. The minimum absolute atomic E-state index is 0.141. The molecular weight excluding hydrogens is 473 g/mol. The third kappa shape index (κ3) is 4.14. The van der Waals surface area contributed by atoms with Gasteiger partial charge >= 0.3 is 5.69 Å². The van der Waals surface area contributed by atoms with Gasteiger partial charge in [-0.15, -0.1) is 11.3 Å². The Morgan fingerprint density at radius 2 is 2.06 bits per heavy atom. The maximum absolute atomic E-state index is 14.8. The van der Waals surface area contributed by atoms with Gasteiger partial charge in [0.05, 0.1) is 17.8 Å². The van der Waals surface area contributed by atoms with Gasteiger partial charge in [-0.2, -0.15) is 0 Å². The molecule has 1 atom stereocenters. The van der Waals surface area contributed by atoms with E-state index in [1.807, 2.05) is 6.07 Å². The lowest BCUT2D eigenvalue weighted by atomic mass is 10.1. The summed E-state index contributed by atoms with van der Waals surface area (Å²) in [6, 6.07) is 5.41. The lowest BCUT2D eigenvalue weighted by Gasteiger charge is -2.24. The van der Waals surface area contributed by atoms with Crippen LogP contribution in [0.15, 0.2) is 33.2 Å².